The maximum atomic E-state index is 13.9. The van der Waals surface area contributed by atoms with Gasteiger partial charge in [-0.05, 0) is 37.3 Å². The Bertz CT molecular complexity index is 1390. The first-order chi connectivity index (χ1) is 16.8. The molecule has 0 amide bonds. The fourth-order valence-electron chi connectivity index (χ4n) is 3.43. The number of alkyl halides is 3. The van der Waals surface area contributed by atoms with Crippen molar-refractivity contribution in [3.8, 4) is 28.7 Å². The second-order valence-corrected chi connectivity index (χ2v) is 7.33. The van der Waals surface area contributed by atoms with Gasteiger partial charge in [-0.2, -0.15) is 13.2 Å². The Labute approximate surface area is 198 Å². The monoisotopic (exact) mass is 486 g/mol. The highest BCUT2D eigenvalue weighted by molar-refractivity contribution is 5.80. The molecular weight excluding hydrogens is 465 g/mol. The van der Waals surface area contributed by atoms with Crippen LogP contribution in [0.15, 0.2) is 75.9 Å². The van der Waals surface area contributed by atoms with E-state index in [4.69, 9.17) is 23.4 Å². The van der Waals surface area contributed by atoms with E-state index >= 15 is 0 Å². The number of ether oxygens (including phenoxy) is 4. The third-order valence-electron chi connectivity index (χ3n) is 5.03. The van der Waals surface area contributed by atoms with Crippen LogP contribution in [0.2, 0.25) is 0 Å². The summed E-state index contributed by atoms with van der Waals surface area (Å²) in [6.45, 7) is 2.08. The summed E-state index contributed by atoms with van der Waals surface area (Å²) < 4.78 is 68.6. The average molecular weight is 486 g/mol. The molecule has 0 fully saturated rings. The molecule has 9 heteroatoms. The van der Waals surface area contributed by atoms with E-state index in [0.717, 1.165) is 5.56 Å². The van der Waals surface area contributed by atoms with E-state index in [1.165, 1.54) is 37.4 Å². The van der Waals surface area contributed by atoms with Crippen LogP contribution >= 0.6 is 0 Å². The number of methoxy groups -OCH3 is 1. The first-order valence-corrected chi connectivity index (χ1v) is 10.6. The highest BCUT2D eigenvalue weighted by Crippen LogP contribution is 2.40. The van der Waals surface area contributed by atoms with Crippen LogP contribution in [0, 0.1) is 0 Å². The van der Waals surface area contributed by atoms with Crippen LogP contribution in [0.3, 0.4) is 0 Å². The molecule has 0 unspecified atom stereocenters. The standard InChI is InChI=1S/C26H21F3O6/c1-3-32-20-10-6-7-11-21(20)34-24-23(30)18-13-12-17(14-22(18)35-25(24)26(27,28)29)33-15-16-8-4-5-9-19(16)31-2/h4-14H,3,15H2,1-2H3. The molecule has 0 saturated heterocycles. The van der Waals surface area contributed by atoms with Crippen molar-refractivity contribution in [1.82, 2.24) is 0 Å². The summed E-state index contributed by atoms with van der Waals surface area (Å²) in [5.41, 5.74) is -0.518. The number of hydrogen-bond acceptors (Lipinski definition) is 6. The van der Waals surface area contributed by atoms with E-state index in [1.807, 2.05) is 6.07 Å². The average Bonchev–Trinajstić information content (AvgIpc) is 2.85. The Morgan fingerprint density at radius 3 is 2.26 bits per heavy atom. The zero-order valence-corrected chi connectivity index (χ0v) is 18.8. The number of hydrogen-bond donors (Lipinski definition) is 0. The second-order valence-electron chi connectivity index (χ2n) is 7.33. The summed E-state index contributed by atoms with van der Waals surface area (Å²) >= 11 is 0. The van der Waals surface area contributed by atoms with E-state index in [0.29, 0.717) is 5.75 Å². The molecule has 0 spiro atoms. The molecule has 4 aromatic rings. The fourth-order valence-corrected chi connectivity index (χ4v) is 3.43. The van der Waals surface area contributed by atoms with Crippen LogP contribution in [0.1, 0.15) is 18.2 Å². The van der Waals surface area contributed by atoms with E-state index in [2.05, 4.69) is 0 Å². The molecule has 182 valence electrons. The molecule has 0 N–H and O–H groups in total. The normalized spacial score (nSPS) is 11.3. The molecule has 0 aliphatic rings. The Morgan fingerprint density at radius 2 is 1.57 bits per heavy atom. The van der Waals surface area contributed by atoms with Crippen molar-refractivity contribution < 1.29 is 36.5 Å². The molecule has 0 saturated carbocycles. The summed E-state index contributed by atoms with van der Waals surface area (Å²) in [6, 6.07) is 17.3. The third-order valence-corrected chi connectivity index (χ3v) is 5.03. The SMILES string of the molecule is CCOc1ccccc1Oc1c(C(F)(F)F)oc2cc(OCc3ccccc3OC)ccc2c1=O. The van der Waals surface area contributed by atoms with Gasteiger partial charge >= 0.3 is 6.18 Å². The summed E-state index contributed by atoms with van der Waals surface area (Å²) in [6.07, 6.45) is -4.99. The lowest BCUT2D eigenvalue weighted by molar-refractivity contribution is -0.154. The predicted octanol–water partition coefficient (Wildman–Crippen LogP) is 6.59. The van der Waals surface area contributed by atoms with Gasteiger partial charge in [0.15, 0.2) is 11.5 Å². The Hall–Kier alpha value is -4.14. The van der Waals surface area contributed by atoms with Crippen LogP contribution in [0.5, 0.6) is 28.7 Å². The lowest BCUT2D eigenvalue weighted by Crippen LogP contribution is -2.15. The van der Waals surface area contributed by atoms with Crippen molar-refractivity contribution in [3.05, 3.63) is 88.3 Å². The molecule has 0 bridgehead atoms. The third kappa shape index (κ3) is 5.18. The minimum atomic E-state index is -4.99. The smallest absolute Gasteiger partial charge is 0.453 e. The summed E-state index contributed by atoms with van der Waals surface area (Å²) in [5, 5.41) is -0.0912. The zero-order valence-electron chi connectivity index (χ0n) is 18.8. The summed E-state index contributed by atoms with van der Waals surface area (Å²) in [5.74, 6) is -1.54. The highest BCUT2D eigenvalue weighted by Gasteiger charge is 2.40. The van der Waals surface area contributed by atoms with E-state index in [1.54, 1.807) is 37.3 Å². The van der Waals surface area contributed by atoms with Crippen molar-refractivity contribution >= 4 is 11.0 Å². The maximum Gasteiger partial charge on any atom is 0.453 e. The number of para-hydroxylation sites is 3. The van der Waals surface area contributed by atoms with Crippen molar-refractivity contribution in [3.63, 3.8) is 0 Å². The van der Waals surface area contributed by atoms with Crippen molar-refractivity contribution in [2.75, 3.05) is 13.7 Å². The number of halogens is 3. The van der Waals surface area contributed by atoms with Crippen LogP contribution < -0.4 is 24.4 Å². The van der Waals surface area contributed by atoms with Gasteiger partial charge in [0.05, 0.1) is 19.1 Å². The van der Waals surface area contributed by atoms with E-state index < -0.39 is 23.1 Å². The molecule has 4 rings (SSSR count). The fraction of sp³-hybridized carbons (Fsp3) is 0.192. The lowest BCUT2D eigenvalue weighted by atomic mass is 10.2. The highest BCUT2D eigenvalue weighted by atomic mass is 19.4. The first-order valence-electron chi connectivity index (χ1n) is 10.6. The van der Waals surface area contributed by atoms with Gasteiger partial charge in [0.25, 0.3) is 5.76 Å². The first kappa shape index (κ1) is 24.0. The van der Waals surface area contributed by atoms with Crippen molar-refractivity contribution in [2.45, 2.75) is 19.7 Å². The molecular formula is C26H21F3O6. The Balaban J connectivity index is 1.73. The Kier molecular flexibility index (Phi) is 6.86. The van der Waals surface area contributed by atoms with Gasteiger partial charge in [-0.25, -0.2) is 0 Å². The van der Waals surface area contributed by atoms with Gasteiger partial charge in [-0.3, -0.25) is 4.79 Å². The minimum Gasteiger partial charge on any atom is -0.496 e. The predicted molar refractivity (Wildman–Crippen MR) is 122 cm³/mol. The van der Waals surface area contributed by atoms with Crippen molar-refractivity contribution in [1.29, 1.82) is 0 Å². The number of rotatable bonds is 8. The molecule has 0 atom stereocenters. The Morgan fingerprint density at radius 1 is 0.886 bits per heavy atom. The van der Waals surface area contributed by atoms with Crippen LogP contribution in [-0.4, -0.2) is 13.7 Å². The van der Waals surface area contributed by atoms with Crippen LogP contribution in [-0.2, 0) is 12.8 Å². The van der Waals surface area contributed by atoms with E-state index in [-0.39, 0.29) is 41.4 Å². The molecule has 35 heavy (non-hydrogen) atoms. The molecule has 0 aliphatic carbocycles. The number of benzene rings is 3. The molecule has 0 radical (unpaired) electrons. The molecule has 1 aromatic heterocycles. The molecule has 1 heterocycles. The lowest BCUT2D eigenvalue weighted by Gasteiger charge is -2.15. The van der Waals surface area contributed by atoms with Gasteiger partial charge in [0.2, 0.25) is 11.2 Å². The van der Waals surface area contributed by atoms with Crippen LogP contribution in [0.4, 0.5) is 13.2 Å². The quantitative estimate of drug-likeness (QED) is 0.280. The number of fused-ring (bicyclic) bond motifs is 1. The summed E-state index contributed by atoms with van der Waals surface area (Å²) in [4.78, 5) is 13.1. The van der Waals surface area contributed by atoms with E-state index in [9.17, 15) is 18.0 Å². The minimum absolute atomic E-state index is 0.0386. The zero-order chi connectivity index (χ0) is 25.0. The van der Waals surface area contributed by atoms with Crippen LogP contribution in [0.25, 0.3) is 11.0 Å². The summed E-state index contributed by atoms with van der Waals surface area (Å²) in [7, 11) is 1.52. The maximum absolute atomic E-state index is 13.9. The van der Waals surface area contributed by atoms with Gasteiger partial charge in [0, 0.05) is 11.6 Å². The second kappa shape index (κ2) is 10.0. The largest absolute Gasteiger partial charge is 0.496 e. The van der Waals surface area contributed by atoms with Gasteiger partial charge in [-0.1, -0.05) is 30.3 Å². The molecule has 0 aliphatic heterocycles. The van der Waals surface area contributed by atoms with Gasteiger partial charge < -0.3 is 23.4 Å². The topological polar surface area (TPSA) is 67.1 Å². The molecule has 6 nitrogen and oxygen atoms in total. The molecule has 3 aromatic carbocycles. The van der Waals surface area contributed by atoms with Crippen molar-refractivity contribution in [2.24, 2.45) is 0 Å². The van der Waals surface area contributed by atoms with Gasteiger partial charge in [-0.15, -0.1) is 0 Å². The van der Waals surface area contributed by atoms with Gasteiger partial charge in [0.1, 0.15) is 23.7 Å².